The summed E-state index contributed by atoms with van der Waals surface area (Å²) >= 11 is 0. The number of rotatable bonds is 8. The molecule has 2 aromatic rings. The van der Waals surface area contributed by atoms with Crippen LogP contribution in [0.25, 0.3) is 0 Å². The molecule has 0 spiro atoms. The van der Waals surface area contributed by atoms with Gasteiger partial charge in [-0.2, -0.15) is 0 Å². The molecule has 0 bridgehead atoms. The third kappa shape index (κ3) is 6.04. The summed E-state index contributed by atoms with van der Waals surface area (Å²) in [4.78, 5) is 9.62. The van der Waals surface area contributed by atoms with Crippen molar-refractivity contribution in [3.63, 3.8) is 0 Å². The van der Waals surface area contributed by atoms with Crippen LogP contribution in [0.1, 0.15) is 106 Å². The van der Waals surface area contributed by atoms with Crippen LogP contribution in [0.2, 0.25) is 0 Å². The number of aryl methyl sites for hydroxylation is 2. The molecule has 2 atom stereocenters. The molecular weight excluding hydrogens is 408 g/mol. The number of phenolic OH excluding ortho intramolecular Hbond substituents is 2. The second kappa shape index (κ2) is 11.0. The number of phenols is 2. The normalized spacial score (nSPS) is 19.0. The van der Waals surface area contributed by atoms with Gasteiger partial charge in [-0.25, -0.2) is 0 Å². The zero-order chi connectivity index (χ0) is 24.1. The highest BCUT2D eigenvalue weighted by Gasteiger charge is 2.23. The standard InChI is InChI=1S/C29H40N2O2/c1-7-20-11-22(18(3)4)13-24(28(20)32)16-30-26-9-10-27(15-26)31-17-25-14-23(19(5)6)12-21(8-2)29(25)33/h11-14,16-19,26-27,32-33H,7-10,15H2,1-6H3. The van der Waals surface area contributed by atoms with E-state index >= 15 is 0 Å². The van der Waals surface area contributed by atoms with E-state index in [0.717, 1.165) is 54.4 Å². The Balaban J connectivity index is 1.72. The monoisotopic (exact) mass is 448 g/mol. The number of aromatic hydroxyl groups is 2. The van der Waals surface area contributed by atoms with Crippen molar-refractivity contribution in [2.24, 2.45) is 9.98 Å². The van der Waals surface area contributed by atoms with Gasteiger partial charge in [0.25, 0.3) is 0 Å². The van der Waals surface area contributed by atoms with E-state index in [1.807, 2.05) is 12.4 Å². The fourth-order valence-corrected chi connectivity index (χ4v) is 4.47. The van der Waals surface area contributed by atoms with Gasteiger partial charge < -0.3 is 10.2 Å². The highest BCUT2D eigenvalue weighted by atomic mass is 16.3. The van der Waals surface area contributed by atoms with E-state index in [4.69, 9.17) is 9.98 Å². The summed E-state index contributed by atoms with van der Waals surface area (Å²) in [5, 5.41) is 21.2. The molecule has 4 heteroatoms. The summed E-state index contributed by atoms with van der Waals surface area (Å²) < 4.78 is 0. The average molecular weight is 449 g/mol. The summed E-state index contributed by atoms with van der Waals surface area (Å²) in [7, 11) is 0. The van der Waals surface area contributed by atoms with E-state index in [1.54, 1.807) is 0 Å². The SMILES string of the molecule is CCc1cc(C(C)C)cc(C=NC2CCC(N=Cc3cc(C(C)C)cc(CC)c3O)C2)c1O. The molecule has 0 aliphatic heterocycles. The molecule has 178 valence electrons. The summed E-state index contributed by atoms with van der Waals surface area (Å²) in [5.74, 6) is 1.52. The Morgan fingerprint density at radius 2 is 1.15 bits per heavy atom. The van der Waals surface area contributed by atoms with Crippen molar-refractivity contribution in [2.75, 3.05) is 0 Å². The number of nitrogens with zero attached hydrogens (tertiary/aromatic N) is 2. The third-order valence-corrected chi connectivity index (χ3v) is 6.80. The molecule has 0 saturated heterocycles. The third-order valence-electron chi connectivity index (χ3n) is 6.80. The summed E-state index contributed by atoms with van der Waals surface area (Å²) in [6, 6.07) is 8.74. The number of hydrogen-bond acceptors (Lipinski definition) is 4. The predicted molar refractivity (Wildman–Crippen MR) is 140 cm³/mol. The molecule has 1 fully saturated rings. The molecule has 2 aromatic carbocycles. The molecule has 33 heavy (non-hydrogen) atoms. The first-order valence-corrected chi connectivity index (χ1v) is 12.5. The van der Waals surface area contributed by atoms with E-state index in [0.29, 0.717) is 23.3 Å². The second-order valence-electron chi connectivity index (χ2n) is 9.93. The molecule has 1 aliphatic rings. The van der Waals surface area contributed by atoms with Crippen LogP contribution in [0, 0.1) is 0 Å². The van der Waals surface area contributed by atoms with E-state index < -0.39 is 0 Å². The molecule has 0 amide bonds. The molecule has 1 saturated carbocycles. The van der Waals surface area contributed by atoms with E-state index in [-0.39, 0.29) is 12.1 Å². The van der Waals surface area contributed by atoms with E-state index in [9.17, 15) is 10.2 Å². The predicted octanol–water partition coefficient (Wildman–Crippen LogP) is 6.93. The first kappa shape index (κ1) is 25.0. The molecule has 0 aromatic heterocycles. The van der Waals surface area contributed by atoms with Crippen molar-refractivity contribution in [3.05, 3.63) is 57.6 Å². The largest absolute Gasteiger partial charge is 0.507 e. The average Bonchev–Trinajstić information content (AvgIpc) is 3.25. The molecule has 1 aliphatic carbocycles. The Morgan fingerprint density at radius 1 is 0.758 bits per heavy atom. The van der Waals surface area contributed by atoms with E-state index in [2.05, 4.69) is 65.8 Å². The zero-order valence-electron chi connectivity index (χ0n) is 21.1. The topological polar surface area (TPSA) is 65.2 Å². The smallest absolute Gasteiger partial charge is 0.127 e. The minimum absolute atomic E-state index is 0.209. The molecule has 0 radical (unpaired) electrons. The Morgan fingerprint density at radius 3 is 1.48 bits per heavy atom. The minimum Gasteiger partial charge on any atom is -0.507 e. The van der Waals surface area contributed by atoms with Crippen LogP contribution in [0.15, 0.2) is 34.3 Å². The Labute approximate surface area is 199 Å². The maximum Gasteiger partial charge on any atom is 0.127 e. The van der Waals surface area contributed by atoms with Gasteiger partial charge in [-0.05, 0) is 78.3 Å². The van der Waals surface area contributed by atoms with Crippen LogP contribution >= 0.6 is 0 Å². The van der Waals surface area contributed by atoms with Crippen molar-refractivity contribution in [1.82, 2.24) is 0 Å². The van der Waals surface area contributed by atoms with Gasteiger partial charge in [-0.15, -0.1) is 0 Å². The van der Waals surface area contributed by atoms with Crippen LogP contribution in [0.4, 0.5) is 0 Å². The Hall–Kier alpha value is -2.62. The van der Waals surface area contributed by atoms with Gasteiger partial charge in [0.2, 0.25) is 0 Å². The molecule has 4 nitrogen and oxygen atoms in total. The highest BCUT2D eigenvalue weighted by molar-refractivity contribution is 5.85. The zero-order valence-corrected chi connectivity index (χ0v) is 21.1. The van der Waals surface area contributed by atoms with Crippen LogP contribution < -0.4 is 0 Å². The summed E-state index contributed by atoms with van der Waals surface area (Å²) in [6.07, 6.45) is 8.18. The lowest BCUT2D eigenvalue weighted by atomic mass is 9.96. The van der Waals surface area contributed by atoms with Crippen molar-refractivity contribution in [1.29, 1.82) is 0 Å². The molecule has 2 unspecified atom stereocenters. The minimum atomic E-state index is 0.209. The maximum absolute atomic E-state index is 10.6. The Bertz CT molecular complexity index is 939. The van der Waals surface area contributed by atoms with Crippen LogP contribution in [0.3, 0.4) is 0 Å². The van der Waals surface area contributed by atoms with E-state index in [1.165, 1.54) is 11.1 Å². The van der Waals surface area contributed by atoms with Gasteiger partial charge in [0, 0.05) is 23.6 Å². The molecule has 0 heterocycles. The van der Waals surface area contributed by atoms with Crippen molar-refractivity contribution >= 4 is 12.4 Å². The Kier molecular flexibility index (Phi) is 8.34. The first-order valence-electron chi connectivity index (χ1n) is 12.5. The van der Waals surface area contributed by atoms with Crippen LogP contribution in [-0.4, -0.2) is 34.7 Å². The fraction of sp³-hybridized carbons (Fsp3) is 0.517. The first-order chi connectivity index (χ1) is 15.7. The molecule has 2 N–H and O–H groups in total. The second-order valence-corrected chi connectivity index (χ2v) is 9.93. The fourth-order valence-electron chi connectivity index (χ4n) is 4.47. The molecular formula is C29H40N2O2. The van der Waals surface area contributed by atoms with Gasteiger partial charge in [-0.1, -0.05) is 53.7 Å². The lowest BCUT2D eigenvalue weighted by Gasteiger charge is -2.13. The summed E-state index contributed by atoms with van der Waals surface area (Å²) in [5.41, 5.74) is 6.04. The quantitative estimate of drug-likeness (QED) is 0.430. The number of benzene rings is 2. The molecule has 3 rings (SSSR count). The van der Waals surface area contributed by atoms with Crippen molar-refractivity contribution in [3.8, 4) is 11.5 Å². The van der Waals surface area contributed by atoms with Crippen molar-refractivity contribution in [2.45, 2.75) is 97.6 Å². The van der Waals surface area contributed by atoms with Gasteiger partial charge in [0.15, 0.2) is 0 Å². The van der Waals surface area contributed by atoms with Crippen LogP contribution in [-0.2, 0) is 12.8 Å². The maximum atomic E-state index is 10.6. The van der Waals surface area contributed by atoms with Gasteiger partial charge in [-0.3, -0.25) is 9.98 Å². The number of hydrogen-bond donors (Lipinski definition) is 2. The van der Waals surface area contributed by atoms with Crippen LogP contribution in [0.5, 0.6) is 11.5 Å². The summed E-state index contributed by atoms with van der Waals surface area (Å²) in [6.45, 7) is 12.8. The van der Waals surface area contributed by atoms with Crippen molar-refractivity contribution < 1.29 is 10.2 Å². The lowest BCUT2D eigenvalue weighted by Crippen LogP contribution is -2.04. The van der Waals surface area contributed by atoms with Gasteiger partial charge in [0.05, 0.1) is 12.1 Å². The number of aliphatic imine (C=N–C) groups is 2. The lowest BCUT2D eigenvalue weighted by molar-refractivity contribution is 0.467. The highest BCUT2D eigenvalue weighted by Crippen LogP contribution is 2.31. The van der Waals surface area contributed by atoms with Gasteiger partial charge in [0.1, 0.15) is 11.5 Å². The van der Waals surface area contributed by atoms with Gasteiger partial charge >= 0.3 is 0 Å².